The Hall–Kier alpha value is -1.26. The van der Waals surface area contributed by atoms with Gasteiger partial charge in [-0.3, -0.25) is 4.90 Å². The first kappa shape index (κ1) is 15.1. The summed E-state index contributed by atoms with van der Waals surface area (Å²) in [7, 11) is 1.76. The van der Waals surface area contributed by atoms with Crippen molar-refractivity contribution >= 4 is 0 Å². The van der Waals surface area contributed by atoms with Gasteiger partial charge in [0.2, 0.25) is 0 Å². The Bertz CT molecular complexity index is 420. The minimum atomic E-state index is 0.281. The molecule has 1 aliphatic rings. The average Bonchev–Trinajstić information content (AvgIpc) is 2.44. The third-order valence-corrected chi connectivity index (χ3v) is 3.78. The number of hydrogen-bond acceptors (Lipinski definition) is 4. The lowest BCUT2D eigenvalue weighted by Gasteiger charge is -2.32. The summed E-state index contributed by atoms with van der Waals surface area (Å²) in [6, 6.07) is 5.72. The molecule has 1 aromatic rings. The topological polar surface area (TPSA) is 41.9 Å². The third-order valence-electron chi connectivity index (χ3n) is 3.78. The van der Waals surface area contributed by atoms with Crippen molar-refractivity contribution < 1.29 is 14.6 Å². The fraction of sp³-hybridized carbons (Fsp3) is 0.625. The van der Waals surface area contributed by atoms with E-state index in [-0.39, 0.29) is 5.75 Å². The predicted molar refractivity (Wildman–Crippen MR) is 79.2 cm³/mol. The number of phenols is 1. The van der Waals surface area contributed by atoms with Gasteiger partial charge in [-0.1, -0.05) is 12.1 Å². The van der Waals surface area contributed by atoms with Crippen LogP contribution < -0.4 is 4.74 Å². The molecule has 1 heterocycles. The molecular formula is C16H25NO3. The van der Waals surface area contributed by atoms with Gasteiger partial charge in [-0.15, -0.1) is 0 Å². The molecule has 4 heteroatoms. The van der Waals surface area contributed by atoms with Gasteiger partial charge in [-0.05, 0) is 38.3 Å². The predicted octanol–water partition coefficient (Wildman–Crippen LogP) is 2.65. The van der Waals surface area contributed by atoms with E-state index in [1.54, 1.807) is 7.11 Å². The Morgan fingerprint density at radius 2 is 2.25 bits per heavy atom. The number of para-hydroxylation sites is 1. The quantitative estimate of drug-likeness (QED) is 0.869. The molecule has 0 radical (unpaired) electrons. The van der Waals surface area contributed by atoms with E-state index in [9.17, 15) is 5.11 Å². The normalized spacial score (nSPS) is 20.0. The fourth-order valence-corrected chi connectivity index (χ4v) is 2.87. The van der Waals surface area contributed by atoms with Crippen molar-refractivity contribution in [3.8, 4) is 11.5 Å². The molecule has 1 atom stereocenters. The van der Waals surface area contributed by atoms with Crippen molar-refractivity contribution in [3.05, 3.63) is 23.8 Å². The number of rotatable bonds is 6. The molecule has 0 bridgehead atoms. The smallest absolute Gasteiger partial charge is 0.162 e. The maximum Gasteiger partial charge on any atom is 0.162 e. The second-order valence-corrected chi connectivity index (χ2v) is 5.40. The minimum absolute atomic E-state index is 0.281. The molecule has 0 amide bonds. The van der Waals surface area contributed by atoms with Crippen LogP contribution in [-0.4, -0.2) is 43.4 Å². The van der Waals surface area contributed by atoms with Crippen molar-refractivity contribution in [1.82, 2.24) is 4.90 Å². The first-order chi connectivity index (χ1) is 9.74. The van der Waals surface area contributed by atoms with Crippen molar-refractivity contribution in [2.45, 2.75) is 26.3 Å². The molecule has 0 spiro atoms. The SMILES string of the molecule is CCOc1cccc(CN2CCCC(COC)C2)c1O. The maximum absolute atomic E-state index is 10.2. The lowest BCUT2D eigenvalue weighted by Crippen LogP contribution is -2.36. The van der Waals surface area contributed by atoms with Crippen molar-refractivity contribution in [2.24, 2.45) is 5.92 Å². The standard InChI is InChI=1S/C16H25NO3/c1-3-20-15-8-4-7-14(16(15)18)11-17-9-5-6-13(10-17)12-19-2/h4,7-8,13,18H,3,5-6,9-12H2,1-2H3. The van der Waals surface area contributed by atoms with Crippen molar-refractivity contribution in [3.63, 3.8) is 0 Å². The van der Waals surface area contributed by atoms with Crippen LogP contribution in [0.4, 0.5) is 0 Å². The van der Waals surface area contributed by atoms with Crippen molar-refractivity contribution in [1.29, 1.82) is 0 Å². The number of piperidine rings is 1. The van der Waals surface area contributed by atoms with E-state index in [1.807, 2.05) is 25.1 Å². The number of likely N-dealkylation sites (tertiary alicyclic amines) is 1. The van der Waals surface area contributed by atoms with Gasteiger partial charge in [-0.2, -0.15) is 0 Å². The summed E-state index contributed by atoms with van der Waals surface area (Å²) in [5.41, 5.74) is 0.939. The van der Waals surface area contributed by atoms with Crippen LogP contribution in [-0.2, 0) is 11.3 Å². The number of aromatic hydroxyl groups is 1. The maximum atomic E-state index is 10.2. The second-order valence-electron chi connectivity index (χ2n) is 5.40. The highest BCUT2D eigenvalue weighted by molar-refractivity contribution is 5.45. The third kappa shape index (κ3) is 3.87. The summed E-state index contributed by atoms with van der Waals surface area (Å²) in [5.74, 6) is 1.46. The van der Waals surface area contributed by atoms with Gasteiger partial charge >= 0.3 is 0 Å². The van der Waals surface area contributed by atoms with E-state index in [1.165, 1.54) is 12.8 Å². The molecule has 2 rings (SSSR count). The molecule has 0 aromatic heterocycles. The number of ether oxygens (including phenoxy) is 2. The zero-order valence-corrected chi connectivity index (χ0v) is 12.5. The summed E-state index contributed by atoms with van der Waals surface area (Å²) in [6.45, 7) is 6.20. The number of benzene rings is 1. The monoisotopic (exact) mass is 279 g/mol. The Kier molecular flexibility index (Phi) is 5.68. The molecule has 1 aromatic carbocycles. The molecule has 1 N–H and O–H groups in total. The van der Waals surface area contributed by atoms with Crippen LogP contribution in [0.3, 0.4) is 0 Å². The van der Waals surface area contributed by atoms with Crippen LogP contribution in [0.5, 0.6) is 11.5 Å². The van der Waals surface area contributed by atoms with E-state index in [0.29, 0.717) is 18.3 Å². The van der Waals surface area contributed by atoms with Crippen LogP contribution in [0.2, 0.25) is 0 Å². The molecule has 20 heavy (non-hydrogen) atoms. The van der Waals surface area contributed by atoms with Gasteiger partial charge in [0.05, 0.1) is 13.2 Å². The summed E-state index contributed by atoms with van der Waals surface area (Å²) in [5, 5.41) is 10.2. The molecule has 1 saturated heterocycles. The van der Waals surface area contributed by atoms with E-state index in [4.69, 9.17) is 9.47 Å². The summed E-state index contributed by atoms with van der Waals surface area (Å²) < 4.78 is 10.7. The first-order valence-corrected chi connectivity index (χ1v) is 7.39. The van der Waals surface area contributed by atoms with Gasteiger partial charge < -0.3 is 14.6 Å². The number of methoxy groups -OCH3 is 1. The Morgan fingerprint density at radius 3 is 3.00 bits per heavy atom. The molecule has 1 aliphatic heterocycles. The van der Waals surface area contributed by atoms with Crippen LogP contribution in [0, 0.1) is 5.92 Å². The van der Waals surface area contributed by atoms with Crippen molar-refractivity contribution in [2.75, 3.05) is 33.4 Å². The Balaban J connectivity index is 2.00. The van der Waals surface area contributed by atoms with Crippen LogP contribution >= 0.6 is 0 Å². The van der Waals surface area contributed by atoms with E-state index >= 15 is 0 Å². The summed E-state index contributed by atoms with van der Waals surface area (Å²) in [6.07, 6.45) is 2.43. The van der Waals surface area contributed by atoms with Crippen LogP contribution in [0.25, 0.3) is 0 Å². The number of nitrogens with zero attached hydrogens (tertiary/aromatic N) is 1. The Morgan fingerprint density at radius 1 is 1.40 bits per heavy atom. The molecule has 1 fully saturated rings. The zero-order chi connectivity index (χ0) is 14.4. The largest absolute Gasteiger partial charge is 0.504 e. The fourth-order valence-electron chi connectivity index (χ4n) is 2.87. The van der Waals surface area contributed by atoms with Gasteiger partial charge in [0, 0.05) is 25.8 Å². The molecule has 0 aliphatic carbocycles. The lowest BCUT2D eigenvalue weighted by atomic mass is 9.98. The molecule has 0 saturated carbocycles. The van der Waals surface area contributed by atoms with Gasteiger partial charge in [0.1, 0.15) is 0 Å². The summed E-state index contributed by atoms with van der Waals surface area (Å²) >= 11 is 0. The molecule has 112 valence electrons. The highest BCUT2D eigenvalue weighted by Gasteiger charge is 2.21. The zero-order valence-electron chi connectivity index (χ0n) is 12.5. The first-order valence-electron chi connectivity index (χ1n) is 7.39. The van der Waals surface area contributed by atoms with Gasteiger partial charge in [-0.25, -0.2) is 0 Å². The highest BCUT2D eigenvalue weighted by atomic mass is 16.5. The molecule has 1 unspecified atom stereocenters. The number of phenolic OH excluding ortho intramolecular Hbond substituents is 1. The van der Waals surface area contributed by atoms with Crippen LogP contribution in [0.1, 0.15) is 25.3 Å². The van der Waals surface area contributed by atoms with E-state index in [0.717, 1.165) is 31.8 Å². The van der Waals surface area contributed by atoms with Gasteiger partial charge in [0.25, 0.3) is 0 Å². The van der Waals surface area contributed by atoms with E-state index < -0.39 is 0 Å². The second kappa shape index (κ2) is 7.50. The summed E-state index contributed by atoms with van der Waals surface area (Å²) in [4.78, 5) is 2.39. The number of hydrogen-bond donors (Lipinski definition) is 1. The highest BCUT2D eigenvalue weighted by Crippen LogP contribution is 2.31. The van der Waals surface area contributed by atoms with E-state index in [2.05, 4.69) is 4.90 Å². The Labute approximate surface area is 121 Å². The van der Waals surface area contributed by atoms with Crippen LogP contribution in [0.15, 0.2) is 18.2 Å². The minimum Gasteiger partial charge on any atom is -0.504 e. The van der Waals surface area contributed by atoms with Gasteiger partial charge in [0.15, 0.2) is 11.5 Å². The molecular weight excluding hydrogens is 254 g/mol. The molecule has 4 nitrogen and oxygen atoms in total. The average molecular weight is 279 g/mol. The lowest BCUT2D eigenvalue weighted by molar-refractivity contribution is 0.0869.